The van der Waals surface area contributed by atoms with Gasteiger partial charge in [-0.25, -0.2) is 0 Å². The monoisotopic (exact) mass is 103 g/mol. The Kier molecular flexibility index (Phi) is 4.44. The molecule has 0 rings (SSSR count). The van der Waals surface area contributed by atoms with E-state index in [9.17, 15) is 0 Å². The molecule has 0 amide bonds. The van der Waals surface area contributed by atoms with Gasteiger partial charge in [-0.05, 0) is 0 Å². The smallest absolute Gasteiger partial charge is 0.181 e. The Labute approximate surface area is 40.6 Å². The van der Waals surface area contributed by atoms with Gasteiger partial charge in [0.25, 0.3) is 0 Å². The average molecular weight is 103 g/mol. The van der Waals surface area contributed by atoms with Crippen LogP contribution >= 0.6 is 0 Å². The predicted octanol–water partition coefficient (Wildman–Crippen LogP) is 0.802. The third-order valence-corrected chi connectivity index (χ3v) is 0.269. The van der Waals surface area contributed by atoms with Gasteiger partial charge in [-0.15, -0.1) is 11.5 Å². The second-order valence-corrected chi connectivity index (χ2v) is 0.722. The molecule has 40 valence electrons. The minimum Gasteiger partial charge on any atom is -0.181 e. The zero-order chi connectivity index (χ0) is 5.54. The molecule has 0 aromatic rings. The zero-order valence-electron chi connectivity index (χ0n) is 3.66. The Balaban J connectivity index is 2.68. The molecule has 7 heavy (non-hydrogen) atoms. The first-order valence-electron chi connectivity index (χ1n) is 1.64. The van der Waals surface area contributed by atoms with Crippen LogP contribution in [0.5, 0.6) is 0 Å². The molecule has 0 saturated carbocycles. The van der Waals surface area contributed by atoms with Gasteiger partial charge in [-0.2, -0.15) is 9.88 Å². The summed E-state index contributed by atoms with van der Waals surface area (Å²) < 4.78 is 0. The lowest BCUT2D eigenvalue weighted by Crippen LogP contribution is -1.84. The fourth-order valence-electron chi connectivity index (χ4n) is 0.100. The van der Waals surface area contributed by atoms with Crippen LogP contribution in [-0.2, 0) is 9.88 Å². The summed E-state index contributed by atoms with van der Waals surface area (Å²) in [5.41, 5.74) is 0. The zero-order valence-corrected chi connectivity index (χ0v) is 3.66. The molecule has 0 heterocycles. The number of hydrogen-bond donors (Lipinski definition) is 0. The van der Waals surface area contributed by atoms with Gasteiger partial charge in [-0.3, -0.25) is 0 Å². The SMILES string of the molecule is C=CCOON=O. The van der Waals surface area contributed by atoms with Crippen molar-refractivity contribution in [2.24, 2.45) is 5.34 Å². The summed E-state index contributed by atoms with van der Waals surface area (Å²) in [6.07, 6.45) is 1.44. The minimum atomic E-state index is 0.172. The largest absolute Gasteiger partial charge is 0.190 e. The second-order valence-electron chi connectivity index (χ2n) is 0.722. The van der Waals surface area contributed by atoms with Crippen molar-refractivity contribution >= 4 is 0 Å². The molecule has 0 bridgehead atoms. The van der Waals surface area contributed by atoms with Gasteiger partial charge in [0.15, 0.2) is 5.34 Å². The van der Waals surface area contributed by atoms with E-state index >= 15 is 0 Å². The molecule has 0 unspecified atom stereocenters. The van der Waals surface area contributed by atoms with Crippen LogP contribution in [0.1, 0.15) is 0 Å². The van der Waals surface area contributed by atoms with Crippen LogP contribution in [0.2, 0.25) is 0 Å². The first-order valence-corrected chi connectivity index (χ1v) is 1.64. The van der Waals surface area contributed by atoms with E-state index in [0.29, 0.717) is 0 Å². The lowest BCUT2D eigenvalue weighted by Gasteiger charge is -1.84. The van der Waals surface area contributed by atoms with Gasteiger partial charge >= 0.3 is 0 Å². The highest BCUT2D eigenvalue weighted by Gasteiger charge is 1.75. The van der Waals surface area contributed by atoms with Gasteiger partial charge in [0.1, 0.15) is 6.61 Å². The maximum Gasteiger partial charge on any atom is 0.190 e. The molecular weight excluding hydrogens is 98.0 g/mol. The topological polar surface area (TPSA) is 47.9 Å². The highest BCUT2D eigenvalue weighted by Crippen LogP contribution is 1.75. The molecule has 0 fully saturated rings. The summed E-state index contributed by atoms with van der Waals surface area (Å²) >= 11 is 0. The lowest BCUT2D eigenvalue weighted by molar-refractivity contribution is -0.289. The molecule has 0 saturated heterocycles. The highest BCUT2D eigenvalue weighted by molar-refractivity contribution is 4.61. The van der Waals surface area contributed by atoms with Crippen LogP contribution in [0.4, 0.5) is 0 Å². The molecule has 4 heteroatoms. The minimum absolute atomic E-state index is 0.172. The van der Waals surface area contributed by atoms with Crippen LogP contribution in [-0.4, -0.2) is 6.61 Å². The van der Waals surface area contributed by atoms with Gasteiger partial charge in [0.05, 0.1) is 0 Å². The van der Waals surface area contributed by atoms with Crippen LogP contribution in [0.3, 0.4) is 0 Å². The van der Waals surface area contributed by atoms with Gasteiger partial charge < -0.3 is 0 Å². The first-order chi connectivity index (χ1) is 3.41. The van der Waals surface area contributed by atoms with E-state index in [2.05, 4.69) is 16.5 Å². The summed E-state index contributed by atoms with van der Waals surface area (Å²) in [5, 5.41) is 1.95. The summed E-state index contributed by atoms with van der Waals surface area (Å²) in [7, 11) is 0. The Hall–Kier alpha value is -0.900. The highest BCUT2D eigenvalue weighted by atomic mass is 17.3. The van der Waals surface area contributed by atoms with Crippen molar-refractivity contribution in [1.29, 1.82) is 0 Å². The first kappa shape index (κ1) is 6.10. The maximum absolute atomic E-state index is 9.05. The van der Waals surface area contributed by atoms with Crippen LogP contribution < -0.4 is 0 Å². The molecule has 0 aliphatic heterocycles. The van der Waals surface area contributed by atoms with E-state index in [0.717, 1.165) is 0 Å². The third-order valence-electron chi connectivity index (χ3n) is 0.269. The summed E-state index contributed by atoms with van der Waals surface area (Å²) in [5.74, 6) is 0. The Morgan fingerprint density at radius 2 is 2.57 bits per heavy atom. The Morgan fingerprint density at radius 3 is 3.00 bits per heavy atom. The fraction of sp³-hybridized carbons (Fsp3) is 0.333. The van der Waals surface area contributed by atoms with Crippen molar-refractivity contribution in [3.63, 3.8) is 0 Å². The average Bonchev–Trinajstić information content (AvgIpc) is 1.69. The maximum atomic E-state index is 9.05. The number of nitrogens with zero attached hydrogens (tertiary/aromatic N) is 1. The second kappa shape index (κ2) is 5.10. The predicted molar refractivity (Wildman–Crippen MR) is 23.0 cm³/mol. The van der Waals surface area contributed by atoms with Gasteiger partial charge in [0.2, 0.25) is 0 Å². The molecule has 0 atom stereocenters. The Bertz CT molecular complexity index is 55.2. The number of hydrogen-bond acceptors (Lipinski definition) is 4. The van der Waals surface area contributed by atoms with Crippen molar-refractivity contribution in [1.82, 2.24) is 0 Å². The van der Waals surface area contributed by atoms with E-state index in [1.54, 1.807) is 0 Å². The molecular formula is C3H5NO3. The van der Waals surface area contributed by atoms with Crippen molar-refractivity contribution in [3.05, 3.63) is 17.6 Å². The summed E-state index contributed by atoms with van der Waals surface area (Å²) in [6, 6.07) is 0. The quantitative estimate of drug-likeness (QED) is 0.174. The van der Waals surface area contributed by atoms with Crippen molar-refractivity contribution in [2.75, 3.05) is 6.61 Å². The van der Waals surface area contributed by atoms with E-state index in [-0.39, 0.29) is 6.61 Å². The summed E-state index contributed by atoms with van der Waals surface area (Å²) in [6.45, 7) is 3.46. The lowest BCUT2D eigenvalue weighted by atomic mass is 10.7. The summed E-state index contributed by atoms with van der Waals surface area (Å²) in [4.78, 5) is 16.7. The molecule has 0 aromatic carbocycles. The van der Waals surface area contributed by atoms with E-state index < -0.39 is 0 Å². The standard InChI is InChI=1S/C3H5NO3/c1-2-3-6-7-4-5/h2H,1,3H2. The van der Waals surface area contributed by atoms with Gasteiger partial charge in [0, 0.05) is 0 Å². The van der Waals surface area contributed by atoms with Gasteiger partial charge in [-0.1, -0.05) is 6.08 Å². The Morgan fingerprint density at radius 1 is 1.86 bits per heavy atom. The normalized spacial score (nSPS) is 7.43. The van der Waals surface area contributed by atoms with E-state index in [1.165, 1.54) is 6.08 Å². The van der Waals surface area contributed by atoms with E-state index in [4.69, 9.17) is 4.91 Å². The van der Waals surface area contributed by atoms with Crippen LogP contribution in [0.15, 0.2) is 18.0 Å². The fourth-order valence-corrected chi connectivity index (χ4v) is 0.100. The molecule has 0 radical (unpaired) electrons. The molecule has 0 aliphatic carbocycles. The molecule has 0 aliphatic rings. The van der Waals surface area contributed by atoms with Crippen molar-refractivity contribution in [3.8, 4) is 0 Å². The molecule has 0 spiro atoms. The molecule has 0 N–H and O–H groups in total. The molecule has 4 nitrogen and oxygen atoms in total. The van der Waals surface area contributed by atoms with Crippen molar-refractivity contribution < 1.29 is 9.88 Å². The van der Waals surface area contributed by atoms with Crippen LogP contribution in [0, 0.1) is 4.91 Å². The third kappa shape index (κ3) is 5.10. The number of rotatable bonds is 4. The van der Waals surface area contributed by atoms with E-state index in [1.807, 2.05) is 5.34 Å². The van der Waals surface area contributed by atoms with Crippen molar-refractivity contribution in [2.45, 2.75) is 0 Å². The molecule has 0 aromatic heterocycles. The van der Waals surface area contributed by atoms with Crippen LogP contribution in [0.25, 0.3) is 0 Å².